The summed E-state index contributed by atoms with van der Waals surface area (Å²) < 4.78 is 0. The first kappa shape index (κ1) is 27.7. The van der Waals surface area contributed by atoms with Gasteiger partial charge in [0, 0.05) is 43.4 Å². The Morgan fingerprint density at radius 2 is 1.69 bits per heavy atom. The van der Waals surface area contributed by atoms with Crippen LogP contribution < -0.4 is 10.6 Å². The third kappa shape index (κ3) is 5.44. The fourth-order valence-corrected chi connectivity index (χ4v) is 7.06. The zero-order valence-electron chi connectivity index (χ0n) is 21.5. The van der Waals surface area contributed by atoms with Crippen LogP contribution >= 0.6 is 46.6 Å². The highest BCUT2D eigenvalue weighted by atomic mass is 35.5. The number of ketones is 1. The standard InChI is InChI=1S/C31H26Cl3N3OS/c1-17-10-19(16-39-24-8-6-20(32)7-9-24)18(2)25(11-17)29-26(15-35)31(36)37(23-13-21(33)12-22(34)14-23)27-4-3-5-28(38)30(27)29/h6-14,29H,3-5,16,36H2,1-2H3. The Labute approximate surface area is 248 Å². The smallest absolute Gasteiger partial charge is 0.161 e. The minimum absolute atomic E-state index is 0.0395. The number of nitriles is 1. The van der Waals surface area contributed by atoms with E-state index in [1.807, 2.05) is 31.2 Å². The fraction of sp³-hybridized carbons (Fsp3) is 0.226. The molecule has 2 aliphatic rings. The van der Waals surface area contributed by atoms with Gasteiger partial charge in [-0.2, -0.15) is 5.26 Å². The summed E-state index contributed by atoms with van der Waals surface area (Å²) in [5.74, 6) is 0.538. The van der Waals surface area contributed by atoms with Gasteiger partial charge in [0.25, 0.3) is 0 Å². The zero-order chi connectivity index (χ0) is 27.8. The molecule has 0 saturated carbocycles. The molecule has 1 heterocycles. The van der Waals surface area contributed by atoms with E-state index >= 15 is 0 Å². The van der Waals surface area contributed by atoms with Crippen molar-refractivity contribution in [2.45, 2.75) is 49.7 Å². The maximum atomic E-state index is 13.6. The zero-order valence-corrected chi connectivity index (χ0v) is 24.6. The van der Waals surface area contributed by atoms with Crippen molar-refractivity contribution in [1.82, 2.24) is 0 Å². The van der Waals surface area contributed by atoms with Crippen LogP contribution in [0.1, 0.15) is 47.4 Å². The normalized spacial score (nSPS) is 17.4. The van der Waals surface area contributed by atoms with Gasteiger partial charge < -0.3 is 5.73 Å². The van der Waals surface area contributed by atoms with Crippen LogP contribution in [0.2, 0.25) is 15.1 Å². The van der Waals surface area contributed by atoms with Crippen molar-refractivity contribution in [3.05, 3.63) is 115 Å². The summed E-state index contributed by atoms with van der Waals surface area (Å²) in [6, 6.07) is 19.5. The number of halogens is 3. The van der Waals surface area contributed by atoms with Crippen molar-refractivity contribution in [2.75, 3.05) is 4.90 Å². The summed E-state index contributed by atoms with van der Waals surface area (Å²) >= 11 is 20.4. The molecule has 1 unspecified atom stereocenters. The summed E-state index contributed by atoms with van der Waals surface area (Å²) in [5.41, 5.74) is 13.4. The van der Waals surface area contributed by atoms with Gasteiger partial charge in [-0.3, -0.25) is 9.69 Å². The van der Waals surface area contributed by atoms with Crippen molar-refractivity contribution >= 4 is 58.0 Å². The average Bonchev–Trinajstić information content (AvgIpc) is 2.89. The van der Waals surface area contributed by atoms with Crippen molar-refractivity contribution in [3.8, 4) is 6.07 Å². The molecular formula is C31H26Cl3N3OS. The lowest BCUT2D eigenvalue weighted by Crippen LogP contribution is -2.39. The third-order valence-electron chi connectivity index (χ3n) is 7.24. The number of carbonyl (C=O) groups excluding carboxylic acids is 1. The predicted molar refractivity (Wildman–Crippen MR) is 161 cm³/mol. The van der Waals surface area contributed by atoms with E-state index in [9.17, 15) is 10.1 Å². The lowest BCUT2D eigenvalue weighted by atomic mass is 9.73. The van der Waals surface area contributed by atoms with E-state index in [1.165, 1.54) is 0 Å². The minimum atomic E-state index is -0.539. The van der Waals surface area contributed by atoms with Crippen molar-refractivity contribution in [3.63, 3.8) is 0 Å². The number of aryl methyl sites for hydroxylation is 1. The van der Waals surface area contributed by atoms with E-state index in [1.54, 1.807) is 34.9 Å². The Hall–Kier alpha value is -2.88. The quantitative estimate of drug-likeness (QED) is 0.299. The van der Waals surface area contributed by atoms with Gasteiger partial charge >= 0.3 is 0 Å². The average molecular weight is 595 g/mol. The molecule has 3 aromatic carbocycles. The van der Waals surface area contributed by atoms with E-state index < -0.39 is 5.92 Å². The number of allylic oxidation sites excluding steroid dienone is 3. The van der Waals surface area contributed by atoms with Gasteiger partial charge in [0.15, 0.2) is 5.78 Å². The summed E-state index contributed by atoms with van der Waals surface area (Å²) in [5, 5.41) is 12.0. The maximum absolute atomic E-state index is 13.6. The van der Waals surface area contributed by atoms with E-state index in [0.29, 0.717) is 57.0 Å². The number of hydrogen-bond acceptors (Lipinski definition) is 5. The monoisotopic (exact) mass is 593 g/mol. The van der Waals surface area contributed by atoms with Crippen LogP contribution in [0.5, 0.6) is 0 Å². The Bertz CT molecular complexity index is 1570. The Morgan fingerprint density at radius 3 is 2.36 bits per heavy atom. The maximum Gasteiger partial charge on any atom is 0.161 e. The second kappa shape index (κ2) is 11.3. The number of rotatable bonds is 5. The van der Waals surface area contributed by atoms with Crippen molar-refractivity contribution < 1.29 is 4.79 Å². The van der Waals surface area contributed by atoms with Gasteiger partial charge in [0.05, 0.1) is 23.2 Å². The summed E-state index contributed by atoms with van der Waals surface area (Å²) in [4.78, 5) is 16.5. The number of carbonyl (C=O) groups is 1. The SMILES string of the molecule is Cc1cc(CSc2ccc(Cl)cc2)c(C)c(C2C(C#N)=C(N)N(c3cc(Cl)cc(Cl)c3)C3=C2C(=O)CCC3)c1. The topological polar surface area (TPSA) is 70.1 Å². The molecule has 2 N–H and O–H groups in total. The molecule has 4 nitrogen and oxygen atoms in total. The molecule has 1 aliphatic carbocycles. The highest BCUT2D eigenvalue weighted by molar-refractivity contribution is 7.98. The van der Waals surface area contributed by atoms with Gasteiger partial charge in [-0.25, -0.2) is 0 Å². The van der Waals surface area contributed by atoms with Crippen LogP contribution in [0.4, 0.5) is 5.69 Å². The van der Waals surface area contributed by atoms with Crippen LogP contribution in [0, 0.1) is 25.2 Å². The minimum Gasteiger partial charge on any atom is -0.384 e. The first-order valence-electron chi connectivity index (χ1n) is 12.6. The van der Waals surface area contributed by atoms with Gasteiger partial charge in [0.2, 0.25) is 0 Å². The van der Waals surface area contributed by atoms with Crippen LogP contribution in [0.3, 0.4) is 0 Å². The van der Waals surface area contributed by atoms with E-state index in [2.05, 4.69) is 25.1 Å². The van der Waals surface area contributed by atoms with E-state index in [0.717, 1.165) is 38.6 Å². The largest absolute Gasteiger partial charge is 0.384 e. The molecule has 0 fully saturated rings. The lowest BCUT2D eigenvalue weighted by molar-refractivity contribution is -0.116. The highest BCUT2D eigenvalue weighted by Crippen LogP contribution is 2.48. The molecule has 1 atom stereocenters. The van der Waals surface area contributed by atoms with Gasteiger partial charge in [-0.05, 0) is 85.8 Å². The number of anilines is 1. The summed E-state index contributed by atoms with van der Waals surface area (Å²) in [6.45, 7) is 4.11. The molecule has 5 rings (SSSR count). The fourth-order valence-electron chi connectivity index (χ4n) is 5.47. The predicted octanol–water partition coefficient (Wildman–Crippen LogP) is 8.86. The molecule has 0 spiro atoms. The Kier molecular flexibility index (Phi) is 8.03. The van der Waals surface area contributed by atoms with Gasteiger partial charge in [-0.15, -0.1) is 11.8 Å². The number of hydrogen-bond donors (Lipinski definition) is 1. The second-order valence-corrected chi connectivity index (χ2v) is 12.2. The molecular weight excluding hydrogens is 569 g/mol. The van der Waals surface area contributed by atoms with E-state index in [-0.39, 0.29) is 5.78 Å². The lowest BCUT2D eigenvalue weighted by Gasteiger charge is -2.40. The Balaban J connectivity index is 1.64. The molecule has 1 aliphatic heterocycles. The molecule has 0 bridgehead atoms. The molecule has 0 radical (unpaired) electrons. The first-order chi connectivity index (χ1) is 18.7. The number of nitrogens with zero attached hydrogens (tertiary/aromatic N) is 2. The number of nitrogens with two attached hydrogens (primary N) is 1. The summed E-state index contributed by atoms with van der Waals surface area (Å²) in [7, 11) is 0. The van der Waals surface area contributed by atoms with E-state index in [4.69, 9.17) is 40.5 Å². The molecule has 8 heteroatoms. The number of thioether (sulfide) groups is 1. The van der Waals surface area contributed by atoms with Crippen molar-refractivity contribution in [2.24, 2.45) is 5.73 Å². The first-order valence-corrected chi connectivity index (χ1v) is 14.7. The van der Waals surface area contributed by atoms with Crippen molar-refractivity contribution in [1.29, 1.82) is 5.26 Å². The Morgan fingerprint density at radius 1 is 1.00 bits per heavy atom. The van der Waals surface area contributed by atoms with Crippen LogP contribution in [-0.4, -0.2) is 5.78 Å². The second-order valence-electron chi connectivity index (χ2n) is 9.82. The number of Topliss-reactive ketones (excluding diaryl/α,β-unsaturated/α-hetero) is 1. The van der Waals surface area contributed by atoms with Crippen LogP contribution in [0.15, 0.2) is 82.2 Å². The van der Waals surface area contributed by atoms with Crippen LogP contribution in [0.25, 0.3) is 0 Å². The highest BCUT2D eigenvalue weighted by Gasteiger charge is 2.41. The third-order valence-corrected chi connectivity index (χ3v) is 8.99. The molecule has 39 heavy (non-hydrogen) atoms. The van der Waals surface area contributed by atoms with Gasteiger partial charge in [0.1, 0.15) is 5.82 Å². The molecule has 198 valence electrons. The van der Waals surface area contributed by atoms with Crippen LogP contribution in [-0.2, 0) is 10.5 Å². The molecule has 3 aromatic rings. The molecule has 0 saturated heterocycles. The number of benzene rings is 3. The van der Waals surface area contributed by atoms with Gasteiger partial charge in [-0.1, -0.05) is 52.5 Å². The summed E-state index contributed by atoms with van der Waals surface area (Å²) in [6.07, 6.45) is 1.80. The molecule has 0 amide bonds. The molecule has 0 aromatic heterocycles.